The first kappa shape index (κ1) is 11.8. The highest BCUT2D eigenvalue weighted by Crippen LogP contribution is 2.61. The number of rotatable bonds is 1. The van der Waals surface area contributed by atoms with Crippen molar-refractivity contribution < 1.29 is 14.3 Å². The van der Waals surface area contributed by atoms with Gasteiger partial charge in [-0.05, 0) is 31.2 Å². The number of likely N-dealkylation sites (tertiary alicyclic amines) is 1. The summed E-state index contributed by atoms with van der Waals surface area (Å²) in [6.07, 6.45) is 4.48. The number of carbonyl (C=O) groups is 1. The highest BCUT2D eigenvalue weighted by Gasteiger charge is 2.67. The second-order valence-electron chi connectivity index (χ2n) is 6.64. The van der Waals surface area contributed by atoms with Crippen LogP contribution in [0.5, 0.6) is 11.5 Å². The molecular weight excluding hydrogens is 266 g/mol. The summed E-state index contributed by atoms with van der Waals surface area (Å²) in [5.74, 6) is 2.00. The minimum Gasteiger partial charge on any atom is -0.493 e. The molecule has 0 aromatic heterocycles. The molecule has 4 heteroatoms. The van der Waals surface area contributed by atoms with E-state index in [1.807, 2.05) is 6.07 Å². The van der Waals surface area contributed by atoms with Crippen molar-refractivity contribution in [3.63, 3.8) is 0 Å². The zero-order chi connectivity index (χ0) is 14.4. The Balaban J connectivity index is 1.86. The van der Waals surface area contributed by atoms with Gasteiger partial charge in [-0.15, -0.1) is 0 Å². The summed E-state index contributed by atoms with van der Waals surface area (Å²) >= 11 is 0. The van der Waals surface area contributed by atoms with Gasteiger partial charge in [-0.2, -0.15) is 0 Å². The number of ketones is 1. The highest BCUT2D eigenvalue weighted by atomic mass is 16.5. The lowest BCUT2D eigenvalue weighted by Crippen LogP contribution is -2.53. The quantitative estimate of drug-likeness (QED) is 0.779. The number of carbonyl (C=O) groups excluding carboxylic acids is 1. The Labute approximate surface area is 123 Å². The Morgan fingerprint density at radius 3 is 3.10 bits per heavy atom. The molecule has 108 valence electrons. The second kappa shape index (κ2) is 3.50. The average molecular weight is 283 g/mol. The lowest BCUT2D eigenvalue weighted by atomic mass is 9.60. The Hall–Kier alpha value is -1.81. The third kappa shape index (κ3) is 1.12. The fraction of sp³-hybridized carbons (Fsp3) is 0.471. The van der Waals surface area contributed by atoms with Crippen LogP contribution in [0.4, 0.5) is 0 Å². The molecule has 21 heavy (non-hydrogen) atoms. The Kier molecular flexibility index (Phi) is 1.97. The van der Waals surface area contributed by atoms with Gasteiger partial charge in [-0.3, -0.25) is 4.79 Å². The summed E-state index contributed by atoms with van der Waals surface area (Å²) in [7, 11) is 3.82. The standard InChI is InChI=1S/C17H17NO3/c1-18-8-17-10-4-5-12(19)16(17)21-15-13(20-2)6-3-9(14(15)17)7-11(10)18/h3-6,10-11,16H,7-8H2,1-2H3/t10-,11+,16-,17-/m0/s1. The van der Waals surface area contributed by atoms with E-state index in [0.29, 0.717) is 12.0 Å². The second-order valence-corrected chi connectivity index (χ2v) is 6.64. The molecule has 0 unspecified atom stereocenters. The maximum atomic E-state index is 12.4. The largest absolute Gasteiger partial charge is 0.493 e. The monoisotopic (exact) mass is 283 g/mol. The van der Waals surface area contributed by atoms with Crippen LogP contribution in [-0.2, 0) is 16.6 Å². The fourth-order valence-electron chi connectivity index (χ4n) is 5.08. The van der Waals surface area contributed by atoms with Gasteiger partial charge in [0.25, 0.3) is 0 Å². The van der Waals surface area contributed by atoms with Gasteiger partial charge in [0.1, 0.15) is 0 Å². The summed E-state index contributed by atoms with van der Waals surface area (Å²) in [4.78, 5) is 14.8. The first-order chi connectivity index (χ1) is 10.2. The molecule has 4 atom stereocenters. The SMILES string of the molecule is COc1ccc2c3c1O[C@H]1C(=O)C=C[C@H]4[C@@H](C2)N(C)C[C@]314. The van der Waals surface area contributed by atoms with Gasteiger partial charge < -0.3 is 14.4 Å². The van der Waals surface area contributed by atoms with Crippen molar-refractivity contribution in [1.82, 2.24) is 4.90 Å². The molecule has 0 saturated carbocycles. The number of benzene rings is 1. The van der Waals surface area contributed by atoms with Crippen molar-refractivity contribution in [1.29, 1.82) is 0 Å². The van der Waals surface area contributed by atoms with Crippen LogP contribution in [0.3, 0.4) is 0 Å². The van der Waals surface area contributed by atoms with Crippen molar-refractivity contribution >= 4 is 5.78 Å². The van der Waals surface area contributed by atoms with E-state index in [0.717, 1.165) is 24.5 Å². The van der Waals surface area contributed by atoms with Gasteiger partial charge in [0.2, 0.25) is 0 Å². The van der Waals surface area contributed by atoms with Crippen molar-refractivity contribution in [2.45, 2.75) is 24.0 Å². The topological polar surface area (TPSA) is 38.8 Å². The molecule has 0 radical (unpaired) electrons. The first-order valence-electron chi connectivity index (χ1n) is 7.46. The van der Waals surface area contributed by atoms with E-state index in [2.05, 4.69) is 24.1 Å². The smallest absolute Gasteiger partial charge is 0.196 e. The maximum absolute atomic E-state index is 12.4. The molecule has 1 aromatic carbocycles. The zero-order valence-corrected chi connectivity index (χ0v) is 12.1. The molecule has 1 fully saturated rings. The molecule has 2 aliphatic heterocycles. The summed E-state index contributed by atoms with van der Waals surface area (Å²) < 4.78 is 11.6. The molecule has 2 heterocycles. The van der Waals surface area contributed by atoms with E-state index in [4.69, 9.17) is 9.47 Å². The summed E-state index contributed by atoms with van der Waals surface area (Å²) in [5, 5.41) is 0. The number of ether oxygens (including phenoxy) is 2. The number of nitrogens with zero attached hydrogens (tertiary/aromatic N) is 1. The Morgan fingerprint density at radius 1 is 1.43 bits per heavy atom. The van der Waals surface area contributed by atoms with Gasteiger partial charge >= 0.3 is 0 Å². The van der Waals surface area contributed by atoms with Crippen LogP contribution >= 0.6 is 0 Å². The molecule has 4 aliphatic rings. The summed E-state index contributed by atoms with van der Waals surface area (Å²) in [6, 6.07) is 4.59. The van der Waals surface area contributed by atoms with Crippen molar-refractivity contribution in [2.24, 2.45) is 5.92 Å². The van der Waals surface area contributed by atoms with Gasteiger partial charge in [-0.1, -0.05) is 12.1 Å². The predicted molar refractivity (Wildman–Crippen MR) is 76.8 cm³/mol. The minimum atomic E-state index is -0.384. The first-order valence-corrected chi connectivity index (χ1v) is 7.46. The zero-order valence-electron chi connectivity index (χ0n) is 12.1. The fourth-order valence-corrected chi connectivity index (χ4v) is 5.08. The Morgan fingerprint density at radius 2 is 2.29 bits per heavy atom. The van der Waals surface area contributed by atoms with Gasteiger partial charge in [0, 0.05) is 24.1 Å². The van der Waals surface area contributed by atoms with E-state index >= 15 is 0 Å². The van der Waals surface area contributed by atoms with Crippen LogP contribution < -0.4 is 9.47 Å². The molecule has 0 amide bonds. The number of hydrogen-bond acceptors (Lipinski definition) is 4. The molecule has 4 nitrogen and oxygen atoms in total. The van der Waals surface area contributed by atoms with Crippen LogP contribution in [-0.4, -0.2) is 43.5 Å². The summed E-state index contributed by atoms with van der Waals surface area (Å²) in [6.45, 7) is 0.885. The predicted octanol–water partition coefficient (Wildman–Crippen LogP) is 1.32. The number of methoxy groups -OCH3 is 1. The third-order valence-corrected chi connectivity index (χ3v) is 5.84. The van der Waals surface area contributed by atoms with E-state index in [9.17, 15) is 4.79 Å². The van der Waals surface area contributed by atoms with Crippen LogP contribution in [0, 0.1) is 5.92 Å². The molecule has 2 bridgehead atoms. The molecule has 1 saturated heterocycles. The minimum absolute atomic E-state index is 0.0893. The molecule has 2 aliphatic carbocycles. The number of hydrogen-bond donors (Lipinski definition) is 0. The highest BCUT2D eigenvalue weighted by molar-refractivity contribution is 5.98. The van der Waals surface area contributed by atoms with E-state index in [-0.39, 0.29) is 17.3 Å². The van der Waals surface area contributed by atoms with Gasteiger partial charge in [0.15, 0.2) is 23.4 Å². The molecule has 1 aromatic rings. The van der Waals surface area contributed by atoms with E-state index in [1.54, 1.807) is 13.2 Å². The van der Waals surface area contributed by atoms with Crippen LogP contribution in [0.1, 0.15) is 11.1 Å². The van der Waals surface area contributed by atoms with Crippen LogP contribution in [0.25, 0.3) is 0 Å². The van der Waals surface area contributed by atoms with Gasteiger partial charge in [0.05, 0.1) is 12.5 Å². The van der Waals surface area contributed by atoms with Gasteiger partial charge in [-0.25, -0.2) is 0 Å². The van der Waals surface area contributed by atoms with Crippen molar-refractivity contribution in [3.8, 4) is 11.5 Å². The molecule has 5 rings (SSSR count). The third-order valence-electron chi connectivity index (χ3n) is 5.84. The molecular formula is C17H17NO3. The lowest BCUT2D eigenvalue weighted by molar-refractivity contribution is -0.124. The lowest BCUT2D eigenvalue weighted by Gasteiger charge is -2.40. The van der Waals surface area contributed by atoms with E-state index < -0.39 is 0 Å². The van der Waals surface area contributed by atoms with Crippen LogP contribution in [0.2, 0.25) is 0 Å². The maximum Gasteiger partial charge on any atom is 0.196 e. The van der Waals surface area contributed by atoms with Crippen LogP contribution in [0.15, 0.2) is 24.3 Å². The van der Waals surface area contributed by atoms with Crippen molar-refractivity contribution in [2.75, 3.05) is 20.7 Å². The number of likely N-dealkylation sites (N-methyl/N-ethyl adjacent to an activating group) is 1. The van der Waals surface area contributed by atoms with Crippen molar-refractivity contribution in [3.05, 3.63) is 35.4 Å². The molecule has 1 spiro atoms. The molecule has 0 N–H and O–H groups in total. The summed E-state index contributed by atoms with van der Waals surface area (Å²) in [5.41, 5.74) is 2.35. The normalized spacial score (nSPS) is 38.4. The van der Waals surface area contributed by atoms with E-state index in [1.165, 1.54) is 11.1 Å². The Bertz CT molecular complexity index is 710. The average Bonchev–Trinajstić information content (AvgIpc) is 2.92.